The van der Waals surface area contributed by atoms with E-state index in [1.54, 1.807) is 0 Å². The third-order valence-corrected chi connectivity index (χ3v) is 3.36. The van der Waals surface area contributed by atoms with Gasteiger partial charge in [-0.15, -0.1) is 0 Å². The Kier molecular flexibility index (Phi) is 3.68. The highest BCUT2D eigenvalue weighted by Crippen LogP contribution is 2.36. The lowest BCUT2D eigenvalue weighted by atomic mass is 9.88. The quantitative estimate of drug-likeness (QED) is 0.877. The molecule has 1 saturated carbocycles. The van der Waals surface area contributed by atoms with Crippen molar-refractivity contribution in [3.63, 3.8) is 0 Å². The normalized spacial score (nSPS) is 18.1. The minimum absolute atomic E-state index is 0.0218. The predicted octanol–water partition coefficient (Wildman–Crippen LogP) is 3.24. The molecule has 1 aromatic rings. The molecule has 1 heterocycles. The van der Waals surface area contributed by atoms with Crippen LogP contribution in [-0.2, 0) is 4.74 Å². The molecule has 0 spiro atoms. The second kappa shape index (κ2) is 4.90. The van der Waals surface area contributed by atoms with E-state index in [-0.39, 0.29) is 11.5 Å². The van der Waals surface area contributed by atoms with E-state index in [1.807, 2.05) is 6.92 Å². The summed E-state index contributed by atoms with van der Waals surface area (Å²) in [5.41, 5.74) is 0.0218. The van der Waals surface area contributed by atoms with Gasteiger partial charge in [-0.3, -0.25) is 0 Å². The van der Waals surface area contributed by atoms with E-state index in [9.17, 15) is 0 Å². The molecule has 1 aromatic heterocycles. The van der Waals surface area contributed by atoms with E-state index in [4.69, 9.17) is 4.74 Å². The number of aromatic nitrogens is 2. The van der Waals surface area contributed by atoms with Gasteiger partial charge in [0.1, 0.15) is 6.10 Å². The van der Waals surface area contributed by atoms with Crippen LogP contribution in [0, 0.1) is 5.41 Å². The molecule has 17 heavy (non-hydrogen) atoms. The van der Waals surface area contributed by atoms with Crippen molar-refractivity contribution in [1.82, 2.24) is 9.36 Å². The summed E-state index contributed by atoms with van der Waals surface area (Å²) in [6.07, 6.45) is 2.48. The topological polar surface area (TPSA) is 47.0 Å². The highest BCUT2D eigenvalue weighted by atomic mass is 32.1. The van der Waals surface area contributed by atoms with Gasteiger partial charge in [-0.25, -0.2) is 4.98 Å². The van der Waals surface area contributed by atoms with E-state index in [1.165, 1.54) is 24.4 Å². The fourth-order valence-corrected chi connectivity index (χ4v) is 2.35. The van der Waals surface area contributed by atoms with E-state index < -0.39 is 0 Å². The van der Waals surface area contributed by atoms with Crippen molar-refractivity contribution in [2.75, 3.05) is 11.9 Å². The zero-order valence-corrected chi connectivity index (χ0v) is 11.8. The lowest BCUT2D eigenvalue weighted by Gasteiger charge is -2.27. The van der Waals surface area contributed by atoms with Crippen LogP contribution >= 0.6 is 11.5 Å². The molecular formula is C12H21N3OS. The zero-order valence-electron chi connectivity index (χ0n) is 11.0. The molecule has 0 amide bonds. The van der Waals surface area contributed by atoms with Crippen LogP contribution in [-0.4, -0.2) is 22.0 Å². The summed E-state index contributed by atoms with van der Waals surface area (Å²) in [4.78, 5) is 4.55. The third kappa shape index (κ3) is 3.39. The number of hydrogen-bond acceptors (Lipinski definition) is 5. The van der Waals surface area contributed by atoms with Gasteiger partial charge in [0.25, 0.3) is 0 Å². The van der Waals surface area contributed by atoms with Gasteiger partial charge in [-0.1, -0.05) is 20.8 Å². The van der Waals surface area contributed by atoms with Gasteiger partial charge in [-0.2, -0.15) is 4.37 Å². The first-order valence-electron chi connectivity index (χ1n) is 6.22. The van der Waals surface area contributed by atoms with Crippen LogP contribution < -0.4 is 5.32 Å². The average molecular weight is 255 g/mol. The van der Waals surface area contributed by atoms with Crippen LogP contribution in [0.2, 0.25) is 0 Å². The molecule has 0 radical (unpaired) electrons. The molecule has 1 atom stereocenters. The Morgan fingerprint density at radius 1 is 1.47 bits per heavy atom. The Labute approximate surface area is 107 Å². The van der Waals surface area contributed by atoms with E-state index in [0.717, 1.165) is 11.0 Å². The molecule has 1 unspecified atom stereocenters. The van der Waals surface area contributed by atoms with Gasteiger partial charge in [-0.05, 0) is 25.2 Å². The van der Waals surface area contributed by atoms with Crippen molar-refractivity contribution in [1.29, 1.82) is 0 Å². The summed E-state index contributed by atoms with van der Waals surface area (Å²) in [6, 6.07) is 0.621. The zero-order chi connectivity index (χ0) is 12.5. The van der Waals surface area contributed by atoms with Crippen LogP contribution in [0.5, 0.6) is 0 Å². The first kappa shape index (κ1) is 12.8. The number of nitrogens with zero attached hydrogens (tertiary/aromatic N) is 2. The summed E-state index contributed by atoms with van der Waals surface area (Å²) in [6.45, 7) is 9.16. The maximum atomic E-state index is 5.78. The Hall–Kier alpha value is -0.680. The van der Waals surface area contributed by atoms with Gasteiger partial charge < -0.3 is 10.1 Å². The van der Waals surface area contributed by atoms with Gasteiger partial charge in [0.2, 0.25) is 5.13 Å². The van der Waals surface area contributed by atoms with Crippen LogP contribution in [0.15, 0.2) is 0 Å². The molecule has 0 bridgehead atoms. The van der Waals surface area contributed by atoms with Gasteiger partial charge in [0.05, 0.1) is 0 Å². The number of anilines is 1. The first-order valence-corrected chi connectivity index (χ1v) is 6.99. The minimum atomic E-state index is -0.0292. The van der Waals surface area contributed by atoms with E-state index in [0.29, 0.717) is 12.6 Å². The molecule has 5 heteroatoms. The lowest BCUT2D eigenvalue weighted by molar-refractivity contribution is -0.0183. The predicted molar refractivity (Wildman–Crippen MR) is 70.4 cm³/mol. The largest absolute Gasteiger partial charge is 0.370 e. The fourth-order valence-electron chi connectivity index (χ4n) is 1.68. The van der Waals surface area contributed by atoms with Crippen molar-refractivity contribution < 1.29 is 4.74 Å². The molecule has 0 saturated heterocycles. The molecule has 1 aliphatic carbocycles. The monoisotopic (exact) mass is 255 g/mol. The number of hydrogen-bond donors (Lipinski definition) is 1. The van der Waals surface area contributed by atoms with Gasteiger partial charge in [0.15, 0.2) is 5.82 Å². The average Bonchev–Trinajstić information content (AvgIpc) is 2.91. The minimum Gasteiger partial charge on any atom is -0.370 e. The third-order valence-electron chi connectivity index (χ3n) is 2.70. The molecule has 2 rings (SSSR count). The summed E-state index contributed by atoms with van der Waals surface area (Å²) in [5, 5.41) is 4.30. The van der Waals surface area contributed by atoms with Crippen LogP contribution in [0.4, 0.5) is 5.13 Å². The molecule has 4 nitrogen and oxygen atoms in total. The Balaban J connectivity index is 2.08. The van der Waals surface area contributed by atoms with E-state index >= 15 is 0 Å². The highest BCUT2D eigenvalue weighted by molar-refractivity contribution is 7.09. The molecule has 1 N–H and O–H groups in total. The van der Waals surface area contributed by atoms with Crippen LogP contribution in [0.1, 0.15) is 52.5 Å². The van der Waals surface area contributed by atoms with E-state index in [2.05, 4.69) is 35.4 Å². The molecule has 0 aliphatic heterocycles. The van der Waals surface area contributed by atoms with Crippen molar-refractivity contribution in [3.05, 3.63) is 5.82 Å². The SMILES string of the molecule is CCOC(c1nsc(NC2CC2)n1)C(C)(C)C. The summed E-state index contributed by atoms with van der Waals surface area (Å²) in [5.74, 6) is 0.813. The fraction of sp³-hybridized carbons (Fsp3) is 0.833. The van der Waals surface area contributed by atoms with Crippen molar-refractivity contribution >= 4 is 16.7 Å². The number of rotatable bonds is 5. The molecular weight excluding hydrogens is 234 g/mol. The number of ether oxygens (including phenoxy) is 1. The second-order valence-electron chi connectivity index (χ2n) is 5.58. The Morgan fingerprint density at radius 2 is 2.18 bits per heavy atom. The summed E-state index contributed by atoms with van der Waals surface area (Å²) >= 11 is 1.44. The summed E-state index contributed by atoms with van der Waals surface area (Å²) in [7, 11) is 0. The molecule has 96 valence electrons. The molecule has 1 aliphatic rings. The standard InChI is InChI=1S/C12H21N3OS/c1-5-16-9(12(2,3)4)10-14-11(17-15-10)13-8-6-7-8/h8-9H,5-7H2,1-4H3,(H,13,14,15). The van der Waals surface area contributed by atoms with Crippen molar-refractivity contribution in [2.24, 2.45) is 5.41 Å². The first-order chi connectivity index (χ1) is 8.00. The smallest absolute Gasteiger partial charge is 0.202 e. The lowest BCUT2D eigenvalue weighted by Crippen LogP contribution is -2.22. The maximum absolute atomic E-state index is 5.78. The van der Waals surface area contributed by atoms with Crippen LogP contribution in [0.25, 0.3) is 0 Å². The highest BCUT2D eigenvalue weighted by Gasteiger charge is 2.31. The van der Waals surface area contributed by atoms with Crippen LogP contribution in [0.3, 0.4) is 0 Å². The maximum Gasteiger partial charge on any atom is 0.202 e. The summed E-state index contributed by atoms with van der Waals surface area (Å²) < 4.78 is 10.2. The van der Waals surface area contributed by atoms with Crippen molar-refractivity contribution in [2.45, 2.75) is 52.7 Å². The number of nitrogens with one attached hydrogen (secondary N) is 1. The molecule has 1 fully saturated rings. The Morgan fingerprint density at radius 3 is 2.71 bits per heavy atom. The Bertz CT molecular complexity index is 368. The van der Waals surface area contributed by atoms with Gasteiger partial charge >= 0.3 is 0 Å². The van der Waals surface area contributed by atoms with Crippen molar-refractivity contribution in [3.8, 4) is 0 Å². The van der Waals surface area contributed by atoms with Gasteiger partial charge in [0, 0.05) is 24.2 Å². The molecule has 0 aromatic carbocycles. The second-order valence-corrected chi connectivity index (χ2v) is 6.33.